The average molecular weight is 447 g/mol. The average Bonchev–Trinajstić information content (AvgIpc) is 3.10. The molecule has 0 radical (unpaired) electrons. The second-order valence-electron chi connectivity index (χ2n) is 7.10. The van der Waals surface area contributed by atoms with Crippen molar-refractivity contribution in [3.8, 4) is 11.5 Å². The number of thiazole rings is 1. The molecule has 4 aromatic rings. The maximum Gasteiger partial charge on any atom is 0.326 e. The van der Waals surface area contributed by atoms with Crippen LogP contribution in [0, 0.1) is 6.92 Å². The van der Waals surface area contributed by atoms with Gasteiger partial charge < -0.3 is 14.0 Å². The van der Waals surface area contributed by atoms with E-state index in [0.717, 1.165) is 21.5 Å². The number of esters is 1. The first-order valence-corrected chi connectivity index (χ1v) is 11.0. The molecule has 162 valence electrons. The van der Waals surface area contributed by atoms with E-state index in [4.69, 9.17) is 9.47 Å². The molecule has 1 aromatic heterocycles. The summed E-state index contributed by atoms with van der Waals surface area (Å²) in [4.78, 5) is 29.8. The van der Waals surface area contributed by atoms with Gasteiger partial charge in [0.05, 0.1) is 16.8 Å². The van der Waals surface area contributed by atoms with Gasteiger partial charge in [0.1, 0.15) is 18.0 Å². The maximum atomic E-state index is 12.9. The van der Waals surface area contributed by atoms with Gasteiger partial charge >= 0.3 is 5.97 Å². The Morgan fingerprint density at radius 3 is 2.41 bits per heavy atom. The topological polar surface area (TPSA) is 69.9 Å². The molecule has 1 amide bonds. The van der Waals surface area contributed by atoms with Gasteiger partial charge in [0.25, 0.3) is 5.91 Å². The largest absolute Gasteiger partial charge is 0.465 e. The lowest BCUT2D eigenvalue weighted by Crippen LogP contribution is -2.23. The maximum absolute atomic E-state index is 12.9. The molecular weight excluding hydrogens is 424 g/mol. The van der Waals surface area contributed by atoms with Crippen LogP contribution in [0.2, 0.25) is 0 Å². The molecule has 0 aliphatic carbocycles. The van der Waals surface area contributed by atoms with Crippen molar-refractivity contribution in [3.05, 3.63) is 88.7 Å². The van der Waals surface area contributed by atoms with Crippen molar-refractivity contribution in [2.45, 2.75) is 20.4 Å². The van der Waals surface area contributed by atoms with Gasteiger partial charge in [-0.2, -0.15) is 4.99 Å². The summed E-state index contributed by atoms with van der Waals surface area (Å²) in [6, 6.07) is 22.2. The Hall–Kier alpha value is -3.71. The second kappa shape index (κ2) is 9.62. The third-order valence-corrected chi connectivity index (χ3v) is 5.75. The number of carbonyl (C=O) groups is 2. The van der Waals surface area contributed by atoms with Gasteiger partial charge in [0.15, 0.2) is 4.80 Å². The standard InChI is InChI=1S/C25H22N2O4S/c1-3-30-23(28)16-27-21-14-9-17(2)15-22(21)32-25(27)26-24(29)18-10-12-20(13-11-18)31-19-7-5-4-6-8-19/h4-15H,3,16H2,1-2H3. The van der Waals surface area contributed by atoms with E-state index in [1.807, 2.05) is 55.5 Å². The molecule has 0 bridgehead atoms. The number of ether oxygens (including phenoxy) is 2. The Balaban J connectivity index is 1.64. The summed E-state index contributed by atoms with van der Waals surface area (Å²) in [7, 11) is 0. The highest BCUT2D eigenvalue weighted by atomic mass is 32.1. The summed E-state index contributed by atoms with van der Waals surface area (Å²) in [5, 5.41) is 0. The third kappa shape index (κ3) is 4.95. The van der Waals surface area contributed by atoms with E-state index in [9.17, 15) is 9.59 Å². The van der Waals surface area contributed by atoms with Crippen LogP contribution >= 0.6 is 11.3 Å². The minimum atomic E-state index is -0.392. The van der Waals surface area contributed by atoms with E-state index in [0.29, 0.717) is 22.7 Å². The quantitative estimate of drug-likeness (QED) is 0.386. The van der Waals surface area contributed by atoms with Crippen molar-refractivity contribution in [1.82, 2.24) is 4.57 Å². The first kappa shape index (κ1) is 21.5. The zero-order valence-corrected chi connectivity index (χ0v) is 18.6. The molecule has 0 fully saturated rings. The zero-order valence-electron chi connectivity index (χ0n) is 17.8. The van der Waals surface area contributed by atoms with Crippen LogP contribution < -0.4 is 9.54 Å². The highest BCUT2D eigenvalue weighted by Crippen LogP contribution is 2.22. The summed E-state index contributed by atoms with van der Waals surface area (Å²) >= 11 is 1.37. The molecule has 0 aliphatic rings. The van der Waals surface area contributed by atoms with Gasteiger partial charge in [0, 0.05) is 5.56 Å². The number of hydrogen-bond acceptors (Lipinski definition) is 5. The Morgan fingerprint density at radius 1 is 0.969 bits per heavy atom. The summed E-state index contributed by atoms with van der Waals surface area (Å²) in [6.45, 7) is 4.05. The highest BCUT2D eigenvalue weighted by Gasteiger charge is 2.13. The number of amides is 1. The molecule has 4 rings (SSSR count). The van der Waals surface area contributed by atoms with Crippen LogP contribution in [0.5, 0.6) is 11.5 Å². The van der Waals surface area contributed by atoms with Gasteiger partial charge in [-0.05, 0) is 67.9 Å². The normalized spacial score (nSPS) is 11.5. The van der Waals surface area contributed by atoms with Crippen LogP contribution in [-0.4, -0.2) is 23.1 Å². The number of para-hydroxylation sites is 1. The number of aryl methyl sites for hydroxylation is 1. The van der Waals surface area contributed by atoms with E-state index < -0.39 is 5.91 Å². The number of hydrogen-bond donors (Lipinski definition) is 0. The molecule has 0 aliphatic heterocycles. The number of fused-ring (bicyclic) bond motifs is 1. The zero-order chi connectivity index (χ0) is 22.5. The van der Waals surface area contributed by atoms with Crippen molar-refractivity contribution < 1.29 is 19.1 Å². The highest BCUT2D eigenvalue weighted by molar-refractivity contribution is 7.16. The predicted molar refractivity (Wildman–Crippen MR) is 124 cm³/mol. The number of aromatic nitrogens is 1. The number of benzene rings is 3. The SMILES string of the molecule is CCOC(=O)Cn1c(=NC(=O)c2ccc(Oc3ccccc3)cc2)sc2cc(C)ccc21. The van der Waals surface area contributed by atoms with Gasteiger partial charge in [-0.25, -0.2) is 0 Å². The van der Waals surface area contributed by atoms with E-state index >= 15 is 0 Å². The Kier molecular flexibility index (Phi) is 6.47. The molecule has 7 heteroatoms. The number of nitrogens with zero attached hydrogens (tertiary/aromatic N) is 2. The molecule has 0 unspecified atom stereocenters. The Morgan fingerprint density at radius 2 is 1.69 bits per heavy atom. The van der Waals surface area contributed by atoms with Crippen LogP contribution in [0.4, 0.5) is 0 Å². The lowest BCUT2D eigenvalue weighted by Gasteiger charge is -2.06. The Labute approximate surface area is 189 Å². The molecule has 0 atom stereocenters. The molecule has 0 saturated heterocycles. The fourth-order valence-corrected chi connectivity index (χ4v) is 4.32. The van der Waals surface area contributed by atoms with E-state index in [1.54, 1.807) is 35.8 Å². The van der Waals surface area contributed by atoms with Crippen molar-refractivity contribution in [3.63, 3.8) is 0 Å². The number of rotatable bonds is 6. The molecule has 1 heterocycles. The summed E-state index contributed by atoms with van der Waals surface area (Å²) in [6.07, 6.45) is 0. The van der Waals surface area contributed by atoms with Crippen LogP contribution in [0.3, 0.4) is 0 Å². The van der Waals surface area contributed by atoms with Gasteiger partial charge in [-0.15, -0.1) is 0 Å². The monoisotopic (exact) mass is 446 g/mol. The van der Waals surface area contributed by atoms with E-state index in [1.165, 1.54) is 11.3 Å². The molecule has 0 saturated carbocycles. The number of carbonyl (C=O) groups excluding carboxylic acids is 2. The molecule has 3 aromatic carbocycles. The Bertz CT molecular complexity index is 1320. The second-order valence-corrected chi connectivity index (χ2v) is 8.11. The van der Waals surface area contributed by atoms with E-state index in [-0.39, 0.29) is 12.5 Å². The third-order valence-electron chi connectivity index (χ3n) is 4.71. The summed E-state index contributed by atoms with van der Waals surface area (Å²) in [5.74, 6) is 0.584. The van der Waals surface area contributed by atoms with Crippen molar-refractivity contribution in [2.24, 2.45) is 4.99 Å². The van der Waals surface area contributed by atoms with Crippen molar-refractivity contribution >= 4 is 33.4 Å². The first-order chi connectivity index (χ1) is 15.5. The first-order valence-electron chi connectivity index (χ1n) is 10.2. The smallest absolute Gasteiger partial charge is 0.326 e. The minimum Gasteiger partial charge on any atom is -0.465 e. The van der Waals surface area contributed by atoms with Gasteiger partial charge in [0.2, 0.25) is 0 Å². The molecule has 0 spiro atoms. The molecule has 32 heavy (non-hydrogen) atoms. The van der Waals surface area contributed by atoms with Crippen molar-refractivity contribution in [2.75, 3.05) is 6.61 Å². The van der Waals surface area contributed by atoms with Crippen LogP contribution in [-0.2, 0) is 16.1 Å². The fraction of sp³-hybridized carbons (Fsp3) is 0.160. The fourth-order valence-electron chi connectivity index (χ4n) is 3.20. The summed E-state index contributed by atoms with van der Waals surface area (Å²) < 4.78 is 13.5. The van der Waals surface area contributed by atoms with Crippen molar-refractivity contribution in [1.29, 1.82) is 0 Å². The summed E-state index contributed by atoms with van der Waals surface area (Å²) in [5.41, 5.74) is 2.36. The lowest BCUT2D eigenvalue weighted by molar-refractivity contribution is -0.143. The van der Waals surface area contributed by atoms with Crippen LogP contribution in [0.25, 0.3) is 10.2 Å². The van der Waals surface area contributed by atoms with Gasteiger partial charge in [-0.3, -0.25) is 9.59 Å². The van der Waals surface area contributed by atoms with Crippen LogP contribution in [0.1, 0.15) is 22.8 Å². The molecule has 6 nitrogen and oxygen atoms in total. The molecule has 0 N–H and O–H groups in total. The lowest BCUT2D eigenvalue weighted by atomic mass is 10.2. The predicted octanol–water partition coefficient (Wildman–Crippen LogP) is 5.11. The van der Waals surface area contributed by atoms with Crippen LogP contribution in [0.15, 0.2) is 77.8 Å². The molecular formula is C25H22N2O4S. The minimum absolute atomic E-state index is 0.00708. The van der Waals surface area contributed by atoms with Gasteiger partial charge in [-0.1, -0.05) is 35.6 Å². The van der Waals surface area contributed by atoms with E-state index in [2.05, 4.69) is 4.99 Å².